The van der Waals surface area contributed by atoms with Crippen LogP contribution in [0.5, 0.6) is 0 Å². The molecule has 0 aliphatic heterocycles. The fourth-order valence-corrected chi connectivity index (χ4v) is 2.92. The average Bonchev–Trinajstić information content (AvgIpc) is 2.63. The summed E-state index contributed by atoms with van der Waals surface area (Å²) in [5, 5.41) is 12.2. The van der Waals surface area contributed by atoms with Crippen LogP contribution in [-0.4, -0.2) is 16.7 Å². The first kappa shape index (κ1) is 10.4. The van der Waals surface area contributed by atoms with Crippen molar-refractivity contribution in [3.05, 3.63) is 3.92 Å². The van der Waals surface area contributed by atoms with Gasteiger partial charge < -0.3 is 5.32 Å². The van der Waals surface area contributed by atoms with E-state index in [1.54, 1.807) is 11.3 Å². The van der Waals surface area contributed by atoms with Gasteiger partial charge in [-0.05, 0) is 34.7 Å². The van der Waals surface area contributed by atoms with E-state index in [2.05, 4.69) is 31.4 Å². The Morgan fingerprint density at radius 1 is 1.29 bits per heavy atom. The Hall–Kier alpha value is -0.160. The van der Waals surface area contributed by atoms with Gasteiger partial charge in [-0.25, -0.2) is 0 Å². The van der Waals surface area contributed by atoms with Gasteiger partial charge in [0.15, 0.2) is 3.92 Å². The number of hydrogen-bond acceptors (Lipinski definition) is 4. The Bertz CT molecular complexity index is 283. The second kappa shape index (κ2) is 5.07. The SMILES string of the molecule is Brc1nnc(NCC2CCCCC2)s1. The molecule has 1 aromatic rings. The van der Waals surface area contributed by atoms with Crippen molar-refractivity contribution < 1.29 is 0 Å². The van der Waals surface area contributed by atoms with Crippen molar-refractivity contribution in [2.24, 2.45) is 5.92 Å². The third-order valence-corrected chi connectivity index (χ3v) is 3.98. The average molecular weight is 276 g/mol. The highest BCUT2D eigenvalue weighted by atomic mass is 79.9. The lowest BCUT2D eigenvalue weighted by Gasteiger charge is -2.21. The van der Waals surface area contributed by atoms with Crippen molar-refractivity contribution in [3.8, 4) is 0 Å². The zero-order chi connectivity index (χ0) is 9.80. The van der Waals surface area contributed by atoms with Crippen LogP contribution in [0, 0.1) is 5.92 Å². The summed E-state index contributed by atoms with van der Waals surface area (Å²) in [6, 6.07) is 0. The van der Waals surface area contributed by atoms with Gasteiger partial charge in [0, 0.05) is 6.54 Å². The van der Waals surface area contributed by atoms with E-state index in [0.29, 0.717) is 0 Å². The lowest BCUT2D eigenvalue weighted by atomic mass is 9.89. The molecule has 0 unspecified atom stereocenters. The first-order valence-electron chi connectivity index (χ1n) is 5.07. The normalized spacial score (nSPS) is 18.4. The van der Waals surface area contributed by atoms with Crippen LogP contribution in [0.25, 0.3) is 0 Å². The highest BCUT2D eigenvalue weighted by Gasteiger charge is 2.13. The van der Waals surface area contributed by atoms with Gasteiger partial charge in [0.25, 0.3) is 0 Å². The second-order valence-corrected chi connectivity index (χ2v) is 6.00. The fourth-order valence-electron chi connectivity index (χ4n) is 1.90. The van der Waals surface area contributed by atoms with E-state index in [4.69, 9.17) is 0 Å². The van der Waals surface area contributed by atoms with Crippen molar-refractivity contribution in [1.82, 2.24) is 10.2 Å². The van der Waals surface area contributed by atoms with E-state index in [0.717, 1.165) is 21.5 Å². The minimum absolute atomic E-state index is 0.839. The topological polar surface area (TPSA) is 37.8 Å². The summed E-state index contributed by atoms with van der Waals surface area (Å²) in [7, 11) is 0. The Labute approximate surface area is 96.4 Å². The summed E-state index contributed by atoms with van der Waals surface area (Å²) in [4.78, 5) is 0. The van der Waals surface area contributed by atoms with Crippen molar-refractivity contribution >= 4 is 32.4 Å². The number of nitrogens with one attached hydrogen (secondary N) is 1. The van der Waals surface area contributed by atoms with Gasteiger partial charge in [-0.1, -0.05) is 30.6 Å². The largest absolute Gasteiger partial charge is 0.360 e. The van der Waals surface area contributed by atoms with Crippen LogP contribution in [0.2, 0.25) is 0 Å². The summed E-state index contributed by atoms with van der Waals surface area (Å²) < 4.78 is 0.851. The molecular formula is C9H14BrN3S. The quantitative estimate of drug-likeness (QED) is 0.920. The molecule has 1 heterocycles. The molecule has 1 fully saturated rings. The van der Waals surface area contributed by atoms with Crippen LogP contribution in [0.4, 0.5) is 5.13 Å². The van der Waals surface area contributed by atoms with Crippen LogP contribution in [0.15, 0.2) is 3.92 Å². The molecule has 5 heteroatoms. The number of halogens is 1. The minimum Gasteiger partial charge on any atom is -0.360 e. The Kier molecular flexibility index (Phi) is 3.75. The number of nitrogens with zero attached hydrogens (tertiary/aromatic N) is 2. The van der Waals surface area contributed by atoms with E-state index in [1.165, 1.54) is 32.1 Å². The van der Waals surface area contributed by atoms with Gasteiger partial charge in [0.05, 0.1) is 0 Å². The Morgan fingerprint density at radius 3 is 2.71 bits per heavy atom. The molecule has 3 nitrogen and oxygen atoms in total. The van der Waals surface area contributed by atoms with E-state index >= 15 is 0 Å². The van der Waals surface area contributed by atoms with Gasteiger partial charge in [-0.3, -0.25) is 0 Å². The molecule has 1 aliphatic carbocycles. The van der Waals surface area contributed by atoms with E-state index < -0.39 is 0 Å². The van der Waals surface area contributed by atoms with E-state index in [1.807, 2.05) is 0 Å². The molecule has 0 radical (unpaired) electrons. The number of hydrogen-bond donors (Lipinski definition) is 1. The van der Waals surface area contributed by atoms with Crippen molar-refractivity contribution in [3.63, 3.8) is 0 Å². The molecule has 14 heavy (non-hydrogen) atoms. The van der Waals surface area contributed by atoms with Crippen LogP contribution >= 0.6 is 27.3 Å². The van der Waals surface area contributed by atoms with E-state index in [-0.39, 0.29) is 0 Å². The zero-order valence-electron chi connectivity index (χ0n) is 8.00. The standard InChI is InChI=1S/C9H14BrN3S/c10-8-12-13-9(14-8)11-6-7-4-2-1-3-5-7/h7H,1-6H2,(H,11,13). The Morgan fingerprint density at radius 2 is 2.07 bits per heavy atom. The maximum absolute atomic E-state index is 4.01. The summed E-state index contributed by atoms with van der Waals surface area (Å²) in [5.74, 6) is 0.839. The smallest absolute Gasteiger partial charge is 0.206 e. The molecule has 1 N–H and O–H groups in total. The lowest BCUT2D eigenvalue weighted by molar-refractivity contribution is 0.373. The Balaban J connectivity index is 1.76. The number of aromatic nitrogens is 2. The molecular weight excluding hydrogens is 262 g/mol. The summed E-state index contributed by atoms with van der Waals surface area (Å²) in [6.45, 7) is 1.06. The molecule has 78 valence electrons. The van der Waals surface area contributed by atoms with Gasteiger partial charge in [-0.2, -0.15) is 0 Å². The van der Waals surface area contributed by atoms with Gasteiger partial charge in [0.1, 0.15) is 0 Å². The number of rotatable bonds is 3. The molecule has 2 rings (SSSR count). The zero-order valence-corrected chi connectivity index (χ0v) is 10.4. The maximum atomic E-state index is 4.01. The molecule has 0 bridgehead atoms. The first-order valence-corrected chi connectivity index (χ1v) is 6.68. The first-order chi connectivity index (χ1) is 6.84. The molecule has 0 spiro atoms. The summed E-state index contributed by atoms with van der Waals surface area (Å²) in [6.07, 6.45) is 6.94. The van der Waals surface area contributed by atoms with Crippen LogP contribution in [0.3, 0.4) is 0 Å². The van der Waals surface area contributed by atoms with Crippen LogP contribution < -0.4 is 5.32 Å². The molecule has 1 aliphatic rings. The van der Waals surface area contributed by atoms with Gasteiger partial charge in [-0.15, -0.1) is 10.2 Å². The summed E-state index contributed by atoms with van der Waals surface area (Å²) in [5.41, 5.74) is 0. The highest BCUT2D eigenvalue weighted by molar-refractivity contribution is 9.11. The van der Waals surface area contributed by atoms with Crippen LogP contribution in [-0.2, 0) is 0 Å². The predicted octanol–water partition coefficient (Wildman–Crippen LogP) is 3.29. The van der Waals surface area contributed by atoms with Crippen molar-refractivity contribution in [1.29, 1.82) is 0 Å². The third kappa shape index (κ3) is 2.92. The molecule has 0 atom stereocenters. The van der Waals surface area contributed by atoms with Crippen LogP contribution in [0.1, 0.15) is 32.1 Å². The molecule has 1 aromatic heterocycles. The second-order valence-electron chi connectivity index (χ2n) is 3.75. The maximum Gasteiger partial charge on any atom is 0.206 e. The highest BCUT2D eigenvalue weighted by Crippen LogP contribution is 2.25. The van der Waals surface area contributed by atoms with E-state index in [9.17, 15) is 0 Å². The molecule has 1 saturated carbocycles. The predicted molar refractivity (Wildman–Crippen MR) is 62.7 cm³/mol. The number of anilines is 1. The molecule has 0 saturated heterocycles. The van der Waals surface area contributed by atoms with Gasteiger partial charge >= 0.3 is 0 Å². The summed E-state index contributed by atoms with van der Waals surface area (Å²) >= 11 is 4.86. The molecule has 0 amide bonds. The van der Waals surface area contributed by atoms with Crippen molar-refractivity contribution in [2.75, 3.05) is 11.9 Å². The van der Waals surface area contributed by atoms with Gasteiger partial charge in [0.2, 0.25) is 5.13 Å². The minimum atomic E-state index is 0.839. The molecule has 0 aromatic carbocycles. The third-order valence-electron chi connectivity index (χ3n) is 2.67. The monoisotopic (exact) mass is 275 g/mol. The fraction of sp³-hybridized carbons (Fsp3) is 0.778. The van der Waals surface area contributed by atoms with Crippen molar-refractivity contribution in [2.45, 2.75) is 32.1 Å². The lowest BCUT2D eigenvalue weighted by Crippen LogP contribution is -2.16.